The summed E-state index contributed by atoms with van der Waals surface area (Å²) in [6.07, 6.45) is 0.651. The molecule has 4 nitrogen and oxygen atoms in total. The van der Waals surface area contributed by atoms with E-state index in [0.717, 1.165) is 5.01 Å². The van der Waals surface area contributed by atoms with E-state index in [1.54, 1.807) is 5.38 Å². The number of benzene rings is 1. The fourth-order valence-corrected chi connectivity index (χ4v) is 2.67. The number of nitrogens with zero attached hydrogens (tertiary/aromatic N) is 1. The number of halogens is 2. The van der Waals surface area contributed by atoms with Crippen molar-refractivity contribution >= 4 is 38.9 Å². The molecule has 3 N–H and O–H groups in total. The average Bonchev–Trinajstić information content (AvgIpc) is 2.82. The molecule has 0 aliphatic carbocycles. The number of nitrogens with two attached hydrogens (primary N) is 1. The summed E-state index contributed by atoms with van der Waals surface area (Å²) in [6.45, 7) is 0.498. The summed E-state index contributed by atoms with van der Waals surface area (Å²) in [5.74, 6) is -0.699. The zero-order valence-electron chi connectivity index (χ0n) is 9.82. The van der Waals surface area contributed by atoms with Gasteiger partial charge in [0.2, 0.25) is 0 Å². The zero-order valence-corrected chi connectivity index (χ0v) is 12.2. The lowest BCUT2D eigenvalue weighted by atomic mass is 10.3. The maximum atomic E-state index is 12.9. The molecule has 100 valence electrons. The van der Waals surface area contributed by atoms with Gasteiger partial charge in [0.25, 0.3) is 5.91 Å². The Kier molecular flexibility index (Phi) is 4.62. The number of carbonyl (C=O) groups excluding carboxylic acids is 1. The molecule has 0 bridgehead atoms. The van der Waals surface area contributed by atoms with Crippen LogP contribution in [0.2, 0.25) is 0 Å². The van der Waals surface area contributed by atoms with Gasteiger partial charge in [0.1, 0.15) is 11.5 Å². The molecule has 0 fully saturated rings. The summed E-state index contributed by atoms with van der Waals surface area (Å²) in [4.78, 5) is 16.1. The molecule has 7 heteroatoms. The predicted octanol–water partition coefficient (Wildman–Crippen LogP) is 2.80. The highest BCUT2D eigenvalue weighted by Gasteiger charge is 2.12. The Hall–Kier alpha value is -1.31. The topological polar surface area (TPSA) is 68.0 Å². The summed E-state index contributed by atoms with van der Waals surface area (Å²) >= 11 is 4.59. The first-order valence-corrected chi connectivity index (χ1v) is 7.18. The van der Waals surface area contributed by atoms with Crippen molar-refractivity contribution in [2.75, 3.05) is 11.9 Å². The lowest BCUT2D eigenvalue weighted by Crippen LogP contribution is -2.13. The molecule has 2 rings (SSSR count). The minimum absolute atomic E-state index is 0.327. The second kappa shape index (κ2) is 6.23. The van der Waals surface area contributed by atoms with Crippen LogP contribution in [0.15, 0.2) is 28.1 Å². The van der Waals surface area contributed by atoms with E-state index in [2.05, 4.69) is 26.2 Å². The number of aromatic nitrogens is 1. The summed E-state index contributed by atoms with van der Waals surface area (Å²) in [5.41, 5.74) is 6.27. The van der Waals surface area contributed by atoms with Gasteiger partial charge in [-0.25, -0.2) is 9.37 Å². The van der Waals surface area contributed by atoms with Crippen molar-refractivity contribution in [1.29, 1.82) is 0 Å². The third-order valence-corrected chi connectivity index (χ3v) is 3.89. The number of hydrogen-bond acceptors (Lipinski definition) is 4. The molecule has 0 unspecified atom stereocenters. The first-order valence-electron chi connectivity index (χ1n) is 5.51. The number of anilines is 1. The van der Waals surface area contributed by atoms with Crippen LogP contribution in [0.25, 0.3) is 0 Å². The molecule has 2 aromatic rings. The number of thiazole rings is 1. The highest BCUT2D eigenvalue weighted by Crippen LogP contribution is 2.23. The van der Waals surface area contributed by atoms with E-state index >= 15 is 0 Å². The van der Waals surface area contributed by atoms with Gasteiger partial charge in [-0.05, 0) is 40.7 Å². The highest BCUT2D eigenvalue weighted by atomic mass is 79.9. The Morgan fingerprint density at radius 2 is 2.32 bits per heavy atom. The van der Waals surface area contributed by atoms with Gasteiger partial charge in [-0.3, -0.25) is 4.79 Å². The van der Waals surface area contributed by atoms with Crippen molar-refractivity contribution in [3.05, 3.63) is 44.6 Å². The zero-order chi connectivity index (χ0) is 13.8. The lowest BCUT2D eigenvalue weighted by molar-refractivity contribution is 0.102. The van der Waals surface area contributed by atoms with E-state index in [9.17, 15) is 9.18 Å². The van der Waals surface area contributed by atoms with Gasteiger partial charge in [-0.1, -0.05) is 0 Å². The van der Waals surface area contributed by atoms with Gasteiger partial charge < -0.3 is 11.1 Å². The first kappa shape index (κ1) is 14.1. The maximum Gasteiger partial charge on any atom is 0.275 e. The van der Waals surface area contributed by atoms with E-state index in [-0.39, 0.29) is 11.7 Å². The maximum absolute atomic E-state index is 12.9. The van der Waals surface area contributed by atoms with Gasteiger partial charge in [0, 0.05) is 16.3 Å². The molecule has 1 aromatic heterocycles. The Balaban J connectivity index is 2.11. The lowest BCUT2D eigenvalue weighted by Gasteiger charge is -2.05. The Bertz CT molecular complexity index is 602. The van der Waals surface area contributed by atoms with Crippen molar-refractivity contribution in [2.24, 2.45) is 5.73 Å². The van der Waals surface area contributed by atoms with Crippen LogP contribution in [0.3, 0.4) is 0 Å². The smallest absolute Gasteiger partial charge is 0.275 e. The van der Waals surface area contributed by atoms with Crippen LogP contribution < -0.4 is 11.1 Å². The molecule has 0 saturated carbocycles. The van der Waals surface area contributed by atoms with Gasteiger partial charge in [-0.2, -0.15) is 0 Å². The van der Waals surface area contributed by atoms with Crippen LogP contribution >= 0.6 is 27.3 Å². The summed E-state index contributed by atoms with van der Waals surface area (Å²) in [7, 11) is 0. The number of nitrogens with one attached hydrogen (secondary N) is 1. The van der Waals surface area contributed by atoms with E-state index in [4.69, 9.17) is 5.73 Å². The molecular weight excluding hydrogens is 333 g/mol. The van der Waals surface area contributed by atoms with E-state index in [0.29, 0.717) is 28.8 Å². The summed E-state index contributed by atoms with van der Waals surface area (Å²) < 4.78 is 13.4. The minimum atomic E-state index is -0.372. The second-order valence-electron chi connectivity index (χ2n) is 3.74. The first-order chi connectivity index (χ1) is 9.10. The molecule has 0 spiro atoms. The van der Waals surface area contributed by atoms with Crippen molar-refractivity contribution in [3.8, 4) is 0 Å². The fraction of sp³-hybridized carbons (Fsp3) is 0.167. The van der Waals surface area contributed by atoms with Gasteiger partial charge in [-0.15, -0.1) is 11.3 Å². The highest BCUT2D eigenvalue weighted by molar-refractivity contribution is 9.10. The number of hydrogen-bond donors (Lipinski definition) is 2. The van der Waals surface area contributed by atoms with Crippen molar-refractivity contribution < 1.29 is 9.18 Å². The Labute approximate surface area is 122 Å². The van der Waals surface area contributed by atoms with Gasteiger partial charge in [0.05, 0.1) is 10.7 Å². The van der Waals surface area contributed by atoms with Gasteiger partial charge >= 0.3 is 0 Å². The van der Waals surface area contributed by atoms with E-state index < -0.39 is 0 Å². The number of amides is 1. The summed E-state index contributed by atoms with van der Waals surface area (Å²) in [5, 5.41) is 5.17. The quantitative estimate of drug-likeness (QED) is 0.896. The average molecular weight is 344 g/mol. The summed E-state index contributed by atoms with van der Waals surface area (Å²) in [6, 6.07) is 4.06. The number of carbonyl (C=O) groups is 1. The van der Waals surface area contributed by atoms with E-state index in [1.807, 2.05) is 0 Å². The molecule has 0 radical (unpaired) electrons. The molecular formula is C12H11BrFN3OS. The van der Waals surface area contributed by atoms with Crippen molar-refractivity contribution in [2.45, 2.75) is 6.42 Å². The molecule has 0 saturated heterocycles. The molecule has 0 atom stereocenters. The van der Waals surface area contributed by atoms with Crippen LogP contribution in [0.5, 0.6) is 0 Å². The Morgan fingerprint density at radius 1 is 1.53 bits per heavy atom. The SMILES string of the molecule is NCCc1nc(C(=O)Nc2ccc(F)cc2Br)cs1. The van der Waals surface area contributed by atoms with Crippen LogP contribution in [-0.4, -0.2) is 17.4 Å². The number of rotatable bonds is 4. The monoisotopic (exact) mass is 343 g/mol. The van der Waals surface area contributed by atoms with Gasteiger partial charge in [0.15, 0.2) is 0 Å². The molecule has 1 amide bonds. The molecule has 1 aromatic carbocycles. The normalized spacial score (nSPS) is 10.5. The van der Waals surface area contributed by atoms with Crippen LogP contribution in [-0.2, 0) is 6.42 Å². The van der Waals surface area contributed by atoms with E-state index in [1.165, 1.54) is 29.5 Å². The Morgan fingerprint density at radius 3 is 3.00 bits per heavy atom. The molecule has 19 heavy (non-hydrogen) atoms. The van der Waals surface area contributed by atoms with Crippen molar-refractivity contribution in [1.82, 2.24) is 4.98 Å². The molecule has 1 heterocycles. The largest absolute Gasteiger partial charge is 0.330 e. The van der Waals surface area contributed by atoms with Crippen LogP contribution in [0, 0.1) is 5.82 Å². The van der Waals surface area contributed by atoms with Crippen molar-refractivity contribution in [3.63, 3.8) is 0 Å². The molecule has 0 aliphatic rings. The van der Waals surface area contributed by atoms with Crippen LogP contribution in [0.4, 0.5) is 10.1 Å². The molecule has 0 aliphatic heterocycles. The fourth-order valence-electron chi connectivity index (χ4n) is 1.43. The predicted molar refractivity (Wildman–Crippen MR) is 76.9 cm³/mol. The van der Waals surface area contributed by atoms with Crippen LogP contribution in [0.1, 0.15) is 15.5 Å². The third kappa shape index (κ3) is 3.59. The third-order valence-electron chi connectivity index (χ3n) is 2.32. The second-order valence-corrected chi connectivity index (χ2v) is 5.54. The standard InChI is InChI=1S/C12H11BrFN3OS/c13-8-5-7(14)1-2-9(8)17-12(18)10-6-19-11(16-10)3-4-15/h1-2,5-6H,3-4,15H2,(H,17,18). The minimum Gasteiger partial charge on any atom is -0.330 e.